The molecule has 0 saturated heterocycles. The normalized spacial score (nSPS) is 9.83. The third kappa shape index (κ3) is 3.00. The lowest BCUT2D eigenvalue weighted by molar-refractivity contribution is 0.412. The van der Waals surface area contributed by atoms with Gasteiger partial charge in [0, 0.05) is 6.54 Å². The Morgan fingerprint density at radius 1 is 1.56 bits per heavy atom. The van der Waals surface area contributed by atoms with Gasteiger partial charge >= 0.3 is 0 Å². The highest BCUT2D eigenvalue weighted by molar-refractivity contribution is 9.10. The first-order chi connectivity index (χ1) is 8.72. The molecule has 0 aliphatic rings. The molecule has 0 aliphatic heterocycles. The summed E-state index contributed by atoms with van der Waals surface area (Å²) in [5, 5.41) is 12.6. The van der Waals surface area contributed by atoms with E-state index in [1.165, 1.54) is 11.3 Å². The van der Waals surface area contributed by atoms with Crippen LogP contribution in [0.5, 0.6) is 5.75 Å². The summed E-state index contributed by atoms with van der Waals surface area (Å²) in [7, 11) is 1.64. The molecule has 0 bridgehead atoms. The molecule has 18 heavy (non-hydrogen) atoms. The van der Waals surface area contributed by atoms with Crippen LogP contribution in [0.2, 0.25) is 0 Å². The van der Waals surface area contributed by atoms with Gasteiger partial charge in [0.15, 0.2) is 5.13 Å². The molecular weight excluding hydrogens is 314 g/mol. The van der Waals surface area contributed by atoms with E-state index in [0.29, 0.717) is 11.4 Å². The molecule has 2 aromatic rings. The van der Waals surface area contributed by atoms with Gasteiger partial charge in [-0.15, -0.1) is 0 Å². The van der Waals surface area contributed by atoms with Crippen LogP contribution in [0.15, 0.2) is 28.9 Å². The second-order valence-corrected chi connectivity index (χ2v) is 5.35. The van der Waals surface area contributed by atoms with Crippen molar-refractivity contribution in [3.05, 3.63) is 39.3 Å². The van der Waals surface area contributed by atoms with Gasteiger partial charge in [-0.2, -0.15) is 5.26 Å². The minimum absolute atomic E-state index is 0.605. The average molecular weight is 324 g/mol. The SMILES string of the molecule is COc1ccc(CNc2ncc(C#N)s2)cc1Br. The first kappa shape index (κ1) is 12.9. The van der Waals surface area contributed by atoms with Crippen molar-refractivity contribution in [2.45, 2.75) is 6.54 Å². The molecule has 0 spiro atoms. The Kier molecular flexibility index (Phi) is 4.18. The molecule has 0 atom stereocenters. The van der Waals surface area contributed by atoms with Gasteiger partial charge in [0.2, 0.25) is 0 Å². The molecule has 1 aromatic carbocycles. The topological polar surface area (TPSA) is 57.9 Å². The van der Waals surface area contributed by atoms with Crippen LogP contribution < -0.4 is 10.1 Å². The number of methoxy groups -OCH3 is 1. The van der Waals surface area contributed by atoms with Crippen molar-refractivity contribution in [3.8, 4) is 11.8 Å². The maximum atomic E-state index is 8.70. The summed E-state index contributed by atoms with van der Waals surface area (Å²) in [5.74, 6) is 0.805. The summed E-state index contributed by atoms with van der Waals surface area (Å²) in [6, 6.07) is 7.94. The molecule has 0 unspecified atom stereocenters. The van der Waals surface area contributed by atoms with Gasteiger partial charge < -0.3 is 10.1 Å². The fourth-order valence-electron chi connectivity index (χ4n) is 1.41. The maximum absolute atomic E-state index is 8.70. The molecule has 4 nitrogen and oxygen atoms in total. The number of hydrogen-bond acceptors (Lipinski definition) is 5. The molecule has 6 heteroatoms. The number of thiazole rings is 1. The Balaban J connectivity index is 2.02. The van der Waals surface area contributed by atoms with Crippen molar-refractivity contribution in [2.75, 3.05) is 12.4 Å². The van der Waals surface area contributed by atoms with Crippen LogP contribution in [0, 0.1) is 11.3 Å². The number of rotatable bonds is 4. The maximum Gasteiger partial charge on any atom is 0.184 e. The van der Waals surface area contributed by atoms with Crippen molar-refractivity contribution < 1.29 is 4.74 Å². The van der Waals surface area contributed by atoms with E-state index in [1.807, 2.05) is 18.2 Å². The van der Waals surface area contributed by atoms with E-state index < -0.39 is 0 Å². The van der Waals surface area contributed by atoms with Crippen molar-refractivity contribution in [1.29, 1.82) is 5.26 Å². The second kappa shape index (κ2) is 5.85. The van der Waals surface area contributed by atoms with Crippen LogP contribution in [-0.4, -0.2) is 12.1 Å². The van der Waals surface area contributed by atoms with Gasteiger partial charge in [-0.25, -0.2) is 4.98 Å². The van der Waals surface area contributed by atoms with Crippen molar-refractivity contribution >= 4 is 32.4 Å². The van der Waals surface area contributed by atoms with Gasteiger partial charge in [-0.1, -0.05) is 17.4 Å². The highest BCUT2D eigenvalue weighted by Crippen LogP contribution is 2.26. The van der Waals surface area contributed by atoms with Crippen molar-refractivity contribution in [2.24, 2.45) is 0 Å². The minimum Gasteiger partial charge on any atom is -0.496 e. The second-order valence-electron chi connectivity index (χ2n) is 3.46. The Morgan fingerprint density at radius 2 is 2.39 bits per heavy atom. The lowest BCUT2D eigenvalue weighted by Gasteiger charge is -2.06. The molecule has 1 N–H and O–H groups in total. The zero-order valence-corrected chi connectivity index (χ0v) is 12.0. The van der Waals surface area contributed by atoms with Gasteiger partial charge in [0.25, 0.3) is 0 Å². The monoisotopic (exact) mass is 323 g/mol. The summed E-state index contributed by atoms with van der Waals surface area (Å²) in [6.07, 6.45) is 1.57. The highest BCUT2D eigenvalue weighted by atomic mass is 79.9. The molecule has 1 aromatic heterocycles. The largest absolute Gasteiger partial charge is 0.496 e. The van der Waals surface area contributed by atoms with Crippen LogP contribution in [0.4, 0.5) is 5.13 Å². The van der Waals surface area contributed by atoms with E-state index in [2.05, 4.69) is 32.3 Å². The first-order valence-electron chi connectivity index (χ1n) is 5.15. The summed E-state index contributed by atoms with van der Waals surface area (Å²) in [4.78, 5) is 4.71. The summed E-state index contributed by atoms with van der Waals surface area (Å²) in [5.41, 5.74) is 1.11. The summed E-state index contributed by atoms with van der Waals surface area (Å²) < 4.78 is 6.08. The minimum atomic E-state index is 0.605. The van der Waals surface area contributed by atoms with E-state index in [0.717, 1.165) is 20.9 Å². The Bertz CT molecular complexity index is 591. The predicted molar refractivity (Wildman–Crippen MR) is 74.8 cm³/mol. The van der Waals surface area contributed by atoms with Crippen LogP contribution in [0.3, 0.4) is 0 Å². The number of anilines is 1. The van der Waals surface area contributed by atoms with E-state index in [1.54, 1.807) is 13.3 Å². The molecule has 0 fully saturated rings. The quantitative estimate of drug-likeness (QED) is 0.936. The first-order valence-corrected chi connectivity index (χ1v) is 6.76. The van der Waals surface area contributed by atoms with Crippen molar-refractivity contribution in [1.82, 2.24) is 4.98 Å². The highest BCUT2D eigenvalue weighted by Gasteiger charge is 2.03. The molecule has 0 saturated carbocycles. The number of nitriles is 1. The van der Waals surface area contributed by atoms with Gasteiger partial charge in [0.05, 0.1) is 17.8 Å². The van der Waals surface area contributed by atoms with Crippen LogP contribution >= 0.6 is 27.3 Å². The number of benzene rings is 1. The van der Waals surface area contributed by atoms with Gasteiger partial charge in [-0.3, -0.25) is 0 Å². The molecule has 2 rings (SSSR count). The zero-order chi connectivity index (χ0) is 13.0. The molecule has 0 radical (unpaired) electrons. The number of hydrogen-bond donors (Lipinski definition) is 1. The van der Waals surface area contributed by atoms with Crippen LogP contribution in [0.1, 0.15) is 10.4 Å². The van der Waals surface area contributed by atoms with E-state index in [4.69, 9.17) is 10.00 Å². The Morgan fingerprint density at radius 3 is 3.00 bits per heavy atom. The van der Waals surface area contributed by atoms with Gasteiger partial charge in [-0.05, 0) is 33.6 Å². The Hall–Kier alpha value is -1.58. The number of halogens is 1. The predicted octanol–water partition coefficient (Wildman–Crippen LogP) is 3.40. The van der Waals surface area contributed by atoms with E-state index in [9.17, 15) is 0 Å². The third-order valence-electron chi connectivity index (χ3n) is 2.28. The fraction of sp³-hybridized carbons (Fsp3) is 0.167. The van der Waals surface area contributed by atoms with Gasteiger partial charge in [0.1, 0.15) is 16.7 Å². The Labute approximate surface area is 117 Å². The standard InChI is InChI=1S/C12H10BrN3OS/c1-17-11-3-2-8(4-10(11)13)6-15-12-16-7-9(5-14)18-12/h2-4,7H,6H2,1H3,(H,15,16). The lowest BCUT2D eigenvalue weighted by Crippen LogP contribution is -1.99. The molecule has 1 heterocycles. The van der Waals surface area contributed by atoms with Crippen molar-refractivity contribution in [3.63, 3.8) is 0 Å². The number of nitrogens with one attached hydrogen (secondary N) is 1. The lowest BCUT2D eigenvalue weighted by atomic mass is 10.2. The average Bonchev–Trinajstić information content (AvgIpc) is 2.84. The molecule has 92 valence electrons. The van der Waals surface area contributed by atoms with Crippen LogP contribution in [0.25, 0.3) is 0 Å². The summed E-state index contributed by atoms with van der Waals surface area (Å²) in [6.45, 7) is 0.654. The van der Waals surface area contributed by atoms with E-state index in [-0.39, 0.29) is 0 Å². The molecular formula is C12H10BrN3OS. The molecule has 0 aliphatic carbocycles. The number of nitrogens with zero attached hydrogens (tertiary/aromatic N) is 2. The smallest absolute Gasteiger partial charge is 0.184 e. The third-order valence-corrected chi connectivity index (χ3v) is 3.76. The molecule has 0 amide bonds. The number of aromatic nitrogens is 1. The van der Waals surface area contributed by atoms with Crippen LogP contribution in [-0.2, 0) is 6.54 Å². The fourth-order valence-corrected chi connectivity index (χ4v) is 2.60. The number of ether oxygens (including phenoxy) is 1. The zero-order valence-electron chi connectivity index (χ0n) is 9.61. The summed E-state index contributed by atoms with van der Waals surface area (Å²) >= 11 is 4.78. The van der Waals surface area contributed by atoms with E-state index >= 15 is 0 Å².